The Morgan fingerprint density at radius 2 is 1.91 bits per heavy atom. The van der Waals surface area contributed by atoms with E-state index in [4.69, 9.17) is 4.74 Å². The highest BCUT2D eigenvalue weighted by Gasteiger charge is 2.17. The molecular formula is C20H23NO2. The van der Waals surface area contributed by atoms with Gasteiger partial charge in [-0.1, -0.05) is 35.9 Å². The van der Waals surface area contributed by atoms with Gasteiger partial charge < -0.3 is 4.74 Å². The van der Waals surface area contributed by atoms with E-state index in [9.17, 15) is 4.79 Å². The lowest BCUT2D eigenvalue weighted by molar-refractivity contribution is 0.0600. The number of esters is 1. The second-order valence-corrected chi connectivity index (χ2v) is 6.27. The van der Waals surface area contributed by atoms with Crippen LogP contribution in [0.2, 0.25) is 0 Å². The van der Waals surface area contributed by atoms with Crippen LogP contribution in [0.3, 0.4) is 0 Å². The van der Waals surface area contributed by atoms with Gasteiger partial charge in [0.05, 0.1) is 12.7 Å². The Kier molecular flexibility index (Phi) is 4.77. The van der Waals surface area contributed by atoms with Crippen molar-refractivity contribution in [2.24, 2.45) is 0 Å². The van der Waals surface area contributed by atoms with Crippen molar-refractivity contribution in [1.82, 2.24) is 4.90 Å². The average molecular weight is 309 g/mol. The highest BCUT2D eigenvalue weighted by Crippen LogP contribution is 2.22. The molecule has 0 saturated carbocycles. The summed E-state index contributed by atoms with van der Waals surface area (Å²) < 4.78 is 4.84. The Bertz CT molecular complexity index is 691. The Morgan fingerprint density at radius 1 is 1.13 bits per heavy atom. The summed E-state index contributed by atoms with van der Waals surface area (Å²) in [4.78, 5) is 14.2. The van der Waals surface area contributed by atoms with Crippen LogP contribution in [0.15, 0.2) is 42.5 Å². The molecule has 1 aliphatic heterocycles. The van der Waals surface area contributed by atoms with Crippen LogP contribution in [0.5, 0.6) is 0 Å². The fourth-order valence-electron chi connectivity index (χ4n) is 3.16. The van der Waals surface area contributed by atoms with Crippen LogP contribution < -0.4 is 0 Å². The third-order valence-corrected chi connectivity index (χ3v) is 4.47. The molecule has 1 heterocycles. The molecule has 2 aromatic rings. The highest BCUT2D eigenvalue weighted by molar-refractivity contribution is 5.89. The van der Waals surface area contributed by atoms with E-state index in [2.05, 4.69) is 42.2 Å². The highest BCUT2D eigenvalue weighted by atomic mass is 16.5. The van der Waals surface area contributed by atoms with E-state index >= 15 is 0 Å². The molecular weight excluding hydrogens is 286 g/mol. The first-order chi connectivity index (χ1) is 11.2. The molecule has 0 aliphatic carbocycles. The third kappa shape index (κ3) is 3.80. The molecule has 3 heteroatoms. The molecule has 0 saturated heterocycles. The molecule has 0 radical (unpaired) electrons. The third-order valence-electron chi connectivity index (χ3n) is 4.47. The molecule has 2 aromatic carbocycles. The van der Waals surface area contributed by atoms with Gasteiger partial charge in [0.1, 0.15) is 0 Å². The lowest BCUT2D eigenvalue weighted by Gasteiger charge is -2.21. The minimum atomic E-state index is -0.262. The molecule has 0 fully saturated rings. The smallest absolute Gasteiger partial charge is 0.337 e. The number of hydrogen-bond acceptors (Lipinski definition) is 3. The van der Waals surface area contributed by atoms with Crippen LogP contribution >= 0.6 is 0 Å². The summed E-state index contributed by atoms with van der Waals surface area (Å²) in [6, 6.07) is 14.7. The van der Waals surface area contributed by atoms with Crippen molar-refractivity contribution < 1.29 is 9.53 Å². The number of carbonyl (C=O) groups is 1. The number of aryl methyl sites for hydroxylation is 2. The van der Waals surface area contributed by atoms with Gasteiger partial charge in [-0.2, -0.15) is 0 Å². The van der Waals surface area contributed by atoms with Crippen molar-refractivity contribution in [3.05, 3.63) is 70.3 Å². The predicted molar refractivity (Wildman–Crippen MR) is 91.4 cm³/mol. The molecule has 3 rings (SSSR count). The summed E-state index contributed by atoms with van der Waals surface area (Å²) in [6.07, 6.45) is 2.22. The Balaban J connectivity index is 1.78. The minimum Gasteiger partial charge on any atom is -0.465 e. The van der Waals surface area contributed by atoms with Gasteiger partial charge in [0, 0.05) is 13.1 Å². The summed E-state index contributed by atoms with van der Waals surface area (Å²) >= 11 is 0. The zero-order valence-corrected chi connectivity index (χ0v) is 13.8. The summed E-state index contributed by atoms with van der Waals surface area (Å²) in [6.45, 7) is 5.02. The standard InChI is InChI=1S/C20H23NO2/c1-15-5-7-16(8-6-15)13-21-11-3-4-17-9-10-18(20(22)23-2)12-19(17)14-21/h5-10,12H,3-4,11,13-14H2,1-2H3. The summed E-state index contributed by atoms with van der Waals surface area (Å²) in [5.41, 5.74) is 5.87. The van der Waals surface area contributed by atoms with Crippen LogP contribution in [0.4, 0.5) is 0 Å². The van der Waals surface area contributed by atoms with Crippen molar-refractivity contribution in [2.75, 3.05) is 13.7 Å². The number of benzene rings is 2. The zero-order chi connectivity index (χ0) is 16.2. The van der Waals surface area contributed by atoms with Crippen molar-refractivity contribution in [3.8, 4) is 0 Å². The molecule has 0 spiro atoms. The quantitative estimate of drug-likeness (QED) is 0.809. The summed E-state index contributed by atoms with van der Waals surface area (Å²) in [5, 5.41) is 0. The van der Waals surface area contributed by atoms with E-state index in [-0.39, 0.29) is 5.97 Å². The second-order valence-electron chi connectivity index (χ2n) is 6.27. The Hall–Kier alpha value is -2.13. The number of carbonyl (C=O) groups excluding carboxylic acids is 1. The van der Waals surface area contributed by atoms with Crippen LogP contribution in [0, 0.1) is 6.92 Å². The van der Waals surface area contributed by atoms with Gasteiger partial charge in [-0.25, -0.2) is 4.79 Å². The van der Waals surface area contributed by atoms with E-state index in [1.54, 1.807) is 0 Å². The molecule has 0 aromatic heterocycles. The van der Waals surface area contributed by atoms with Gasteiger partial charge in [-0.15, -0.1) is 0 Å². The molecule has 0 atom stereocenters. The Labute approximate surface area is 137 Å². The fraction of sp³-hybridized carbons (Fsp3) is 0.350. The average Bonchev–Trinajstić information content (AvgIpc) is 2.77. The number of fused-ring (bicyclic) bond motifs is 1. The summed E-state index contributed by atoms with van der Waals surface area (Å²) in [5.74, 6) is -0.262. The molecule has 0 N–H and O–H groups in total. The van der Waals surface area contributed by atoms with Gasteiger partial charge in [0.2, 0.25) is 0 Å². The van der Waals surface area contributed by atoms with Crippen molar-refractivity contribution in [3.63, 3.8) is 0 Å². The molecule has 0 bridgehead atoms. The Morgan fingerprint density at radius 3 is 2.65 bits per heavy atom. The number of rotatable bonds is 3. The first-order valence-electron chi connectivity index (χ1n) is 8.14. The zero-order valence-electron chi connectivity index (χ0n) is 13.8. The topological polar surface area (TPSA) is 29.5 Å². The molecule has 0 unspecified atom stereocenters. The lowest BCUT2D eigenvalue weighted by atomic mass is 10.0. The minimum absolute atomic E-state index is 0.262. The van der Waals surface area contributed by atoms with Gasteiger partial charge in [-0.3, -0.25) is 4.90 Å². The molecule has 1 aliphatic rings. The van der Waals surface area contributed by atoms with Crippen LogP contribution in [0.25, 0.3) is 0 Å². The number of nitrogens with zero attached hydrogens (tertiary/aromatic N) is 1. The first-order valence-corrected chi connectivity index (χ1v) is 8.14. The van der Waals surface area contributed by atoms with E-state index in [0.29, 0.717) is 5.56 Å². The lowest BCUT2D eigenvalue weighted by Crippen LogP contribution is -2.22. The molecule has 3 nitrogen and oxygen atoms in total. The molecule has 23 heavy (non-hydrogen) atoms. The maximum absolute atomic E-state index is 11.8. The SMILES string of the molecule is COC(=O)c1ccc2c(c1)CN(Cc1ccc(C)cc1)CCC2. The van der Waals surface area contributed by atoms with Crippen LogP contribution in [0.1, 0.15) is 39.0 Å². The van der Waals surface area contributed by atoms with E-state index in [1.165, 1.54) is 29.4 Å². The molecule has 0 amide bonds. The maximum Gasteiger partial charge on any atom is 0.337 e. The van der Waals surface area contributed by atoms with Gasteiger partial charge in [0.25, 0.3) is 0 Å². The second kappa shape index (κ2) is 6.97. The largest absolute Gasteiger partial charge is 0.465 e. The van der Waals surface area contributed by atoms with E-state index in [1.807, 2.05) is 12.1 Å². The maximum atomic E-state index is 11.8. The van der Waals surface area contributed by atoms with E-state index in [0.717, 1.165) is 32.5 Å². The van der Waals surface area contributed by atoms with Gasteiger partial charge >= 0.3 is 5.97 Å². The van der Waals surface area contributed by atoms with E-state index < -0.39 is 0 Å². The fourth-order valence-corrected chi connectivity index (χ4v) is 3.16. The van der Waals surface area contributed by atoms with Crippen LogP contribution in [-0.2, 0) is 24.2 Å². The van der Waals surface area contributed by atoms with Crippen molar-refractivity contribution >= 4 is 5.97 Å². The van der Waals surface area contributed by atoms with Gasteiger partial charge in [-0.05, 0) is 55.1 Å². The number of hydrogen-bond donors (Lipinski definition) is 0. The van der Waals surface area contributed by atoms with Crippen molar-refractivity contribution in [2.45, 2.75) is 32.9 Å². The summed E-state index contributed by atoms with van der Waals surface area (Å²) in [7, 11) is 1.43. The monoisotopic (exact) mass is 309 g/mol. The van der Waals surface area contributed by atoms with Crippen molar-refractivity contribution in [1.29, 1.82) is 0 Å². The van der Waals surface area contributed by atoms with Crippen LogP contribution in [-0.4, -0.2) is 24.5 Å². The van der Waals surface area contributed by atoms with Gasteiger partial charge in [0.15, 0.2) is 0 Å². The first kappa shape index (κ1) is 15.8. The number of methoxy groups -OCH3 is 1. The molecule has 120 valence electrons. The number of ether oxygens (including phenoxy) is 1. The normalized spacial score (nSPS) is 14.9. The predicted octanol–water partition coefficient (Wildman–Crippen LogP) is 3.73.